The Hall–Kier alpha value is -1.98. The SMILES string of the molecule is O=C(c1cc(C2CC2)nc2ccccc12)N1CCOC2C[C@H](CO)C[C@@H]21. The second-order valence-corrected chi connectivity index (χ2v) is 7.88. The summed E-state index contributed by atoms with van der Waals surface area (Å²) in [7, 11) is 0. The highest BCUT2D eigenvalue weighted by Crippen LogP contribution is 2.41. The molecule has 3 aliphatic rings. The largest absolute Gasteiger partial charge is 0.396 e. The highest BCUT2D eigenvalue weighted by Gasteiger charge is 2.43. The number of pyridine rings is 1. The van der Waals surface area contributed by atoms with E-state index in [9.17, 15) is 9.90 Å². The van der Waals surface area contributed by atoms with E-state index in [0.29, 0.717) is 19.1 Å². The number of para-hydroxylation sites is 1. The van der Waals surface area contributed by atoms with Crippen molar-refractivity contribution in [3.63, 3.8) is 0 Å². The number of ether oxygens (including phenoxy) is 1. The first-order chi connectivity index (χ1) is 12.7. The molecule has 136 valence electrons. The number of nitrogens with zero attached hydrogens (tertiary/aromatic N) is 2. The minimum Gasteiger partial charge on any atom is -0.396 e. The Kier molecular flexibility index (Phi) is 3.94. The number of carbonyl (C=O) groups excluding carboxylic acids is 1. The van der Waals surface area contributed by atoms with Crippen LogP contribution in [0.15, 0.2) is 30.3 Å². The maximum atomic E-state index is 13.5. The van der Waals surface area contributed by atoms with E-state index < -0.39 is 0 Å². The van der Waals surface area contributed by atoms with Gasteiger partial charge in [0.15, 0.2) is 0 Å². The van der Waals surface area contributed by atoms with Gasteiger partial charge in [0.25, 0.3) is 5.91 Å². The summed E-state index contributed by atoms with van der Waals surface area (Å²) >= 11 is 0. The summed E-state index contributed by atoms with van der Waals surface area (Å²) in [5, 5.41) is 10.5. The minimum atomic E-state index is 0.0563. The summed E-state index contributed by atoms with van der Waals surface area (Å²) in [5.41, 5.74) is 2.73. The molecular weight excluding hydrogens is 328 g/mol. The van der Waals surface area contributed by atoms with Crippen LogP contribution in [0.2, 0.25) is 0 Å². The number of fused-ring (bicyclic) bond motifs is 2. The van der Waals surface area contributed by atoms with Crippen molar-refractivity contribution in [1.29, 1.82) is 0 Å². The molecular formula is C21H24N2O3. The smallest absolute Gasteiger partial charge is 0.255 e. The van der Waals surface area contributed by atoms with Gasteiger partial charge in [0.05, 0.1) is 29.8 Å². The Bertz CT molecular complexity index is 848. The van der Waals surface area contributed by atoms with Crippen LogP contribution in [-0.4, -0.2) is 52.8 Å². The van der Waals surface area contributed by atoms with Gasteiger partial charge in [0.1, 0.15) is 0 Å². The molecule has 0 bridgehead atoms. The molecule has 3 atom stereocenters. The van der Waals surface area contributed by atoms with Crippen molar-refractivity contribution in [1.82, 2.24) is 9.88 Å². The second-order valence-electron chi connectivity index (χ2n) is 7.88. The molecule has 2 aromatic rings. The first kappa shape index (κ1) is 16.2. The molecule has 1 amide bonds. The maximum absolute atomic E-state index is 13.5. The number of benzene rings is 1. The topological polar surface area (TPSA) is 62.7 Å². The fourth-order valence-corrected chi connectivity index (χ4v) is 4.57. The highest BCUT2D eigenvalue weighted by molar-refractivity contribution is 6.06. The van der Waals surface area contributed by atoms with Crippen LogP contribution in [-0.2, 0) is 4.74 Å². The predicted molar refractivity (Wildman–Crippen MR) is 98.1 cm³/mol. The predicted octanol–water partition coefficient (Wildman–Crippen LogP) is 2.72. The lowest BCUT2D eigenvalue weighted by atomic mass is 10.0. The van der Waals surface area contributed by atoms with Crippen LogP contribution in [0, 0.1) is 5.92 Å². The van der Waals surface area contributed by atoms with Crippen LogP contribution < -0.4 is 0 Å². The standard InChI is InChI=1S/C21H24N2O3/c24-12-13-9-19-20(10-13)26-8-7-23(19)21(25)16-11-18(14-5-6-14)22-17-4-2-1-3-15(16)17/h1-4,11,13-14,19-20,24H,5-10,12H2/t13-,19+,20?/m1/s1. The Morgan fingerprint density at radius 1 is 1.27 bits per heavy atom. The monoisotopic (exact) mass is 352 g/mol. The van der Waals surface area contributed by atoms with Gasteiger partial charge in [0, 0.05) is 30.1 Å². The molecule has 1 aromatic carbocycles. The lowest BCUT2D eigenvalue weighted by Crippen LogP contribution is -2.51. The molecule has 1 saturated heterocycles. The molecule has 2 heterocycles. The quantitative estimate of drug-likeness (QED) is 0.923. The summed E-state index contributed by atoms with van der Waals surface area (Å²) in [6, 6.07) is 10.0. The van der Waals surface area contributed by atoms with Gasteiger partial charge < -0.3 is 14.7 Å². The van der Waals surface area contributed by atoms with E-state index in [4.69, 9.17) is 9.72 Å². The Labute approximate surface area is 153 Å². The number of hydrogen-bond acceptors (Lipinski definition) is 4. The van der Waals surface area contributed by atoms with Gasteiger partial charge in [-0.25, -0.2) is 0 Å². The zero-order valence-corrected chi connectivity index (χ0v) is 14.8. The first-order valence-electron chi connectivity index (χ1n) is 9.67. The highest BCUT2D eigenvalue weighted by atomic mass is 16.5. The van der Waals surface area contributed by atoms with Gasteiger partial charge in [-0.05, 0) is 43.7 Å². The second kappa shape index (κ2) is 6.32. The summed E-state index contributed by atoms with van der Waals surface area (Å²) in [6.45, 7) is 1.36. The molecule has 3 fully saturated rings. The van der Waals surface area contributed by atoms with Crippen LogP contribution in [0.3, 0.4) is 0 Å². The molecule has 5 nitrogen and oxygen atoms in total. The van der Waals surface area contributed by atoms with Crippen molar-refractivity contribution in [3.8, 4) is 0 Å². The van der Waals surface area contributed by atoms with Gasteiger partial charge >= 0.3 is 0 Å². The van der Waals surface area contributed by atoms with Gasteiger partial charge in [-0.15, -0.1) is 0 Å². The summed E-state index contributed by atoms with van der Waals surface area (Å²) < 4.78 is 5.89. The van der Waals surface area contributed by atoms with E-state index in [1.54, 1.807) is 0 Å². The molecule has 1 aliphatic heterocycles. The Morgan fingerprint density at radius 2 is 2.12 bits per heavy atom. The van der Waals surface area contributed by atoms with Crippen molar-refractivity contribution in [3.05, 3.63) is 41.6 Å². The zero-order chi connectivity index (χ0) is 17.7. The maximum Gasteiger partial charge on any atom is 0.255 e. The number of carbonyl (C=O) groups is 1. The van der Waals surface area contributed by atoms with E-state index in [2.05, 4.69) is 0 Å². The van der Waals surface area contributed by atoms with Crippen LogP contribution in [0.1, 0.15) is 47.7 Å². The lowest BCUT2D eigenvalue weighted by Gasteiger charge is -2.38. The lowest BCUT2D eigenvalue weighted by molar-refractivity contribution is -0.0448. The molecule has 0 spiro atoms. The first-order valence-corrected chi connectivity index (χ1v) is 9.67. The van der Waals surface area contributed by atoms with E-state index in [-0.39, 0.29) is 30.6 Å². The average Bonchev–Trinajstić information content (AvgIpc) is 3.44. The van der Waals surface area contributed by atoms with Gasteiger partial charge in [-0.1, -0.05) is 18.2 Å². The van der Waals surface area contributed by atoms with Gasteiger partial charge in [-0.2, -0.15) is 0 Å². The molecule has 0 radical (unpaired) electrons. The van der Waals surface area contributed by atoms with Crippen molar-refractivity contribution in [2.24, 2.45) is 5.92 Å². The number of aliphatic hydroxyl groups excluding tert-OH is 1. The van der Waals surface area contributed by atoms with Crippen LogP contribution in [0.5, 0.6) is 0 Å². The number of morpholine rings is 1. The van der Waals surface area contributed by atoms with Gasteiger partial charge in [0.2, 0.25) is 0 Å². The number of hydrogen-bond donors (Lipinski definition) is 1. The molecule has 5 heteroatoms. The molecule has 2 saturated carbocycles. The van der Waals surface area contributed by atoms with E-state index in [1.807, 2.05) is 35.2 Å². The van der Waals surface area contributed by atoms with Crippen molar-refractivity contribution in [2.75, 3.05) is 19.8 Å². The summed E-state index contributed by atoms with van der Waals surface area (Å²) in [6.07, 6.45) is 4.06. The Balaban J connectivity index is 1.53. The van der Waals surface area contributed by atoms with E-state index >= 15 is 0 Å². The fourth-order valence-electron chi connectivity index (χ4n) is 4.57. The van der Waals surface area contributed by atoms with E-state index in [1.165, 1.54) is 12.8 Å². The van der Waals surface area contributed by atoms with E-state index in [0.717, 1.165) is 35.0 Å². The van der Waals surface area contributed by atoms with Crippen molar-refractivity contribution >= 4 is 16.8 Å². The summed E-state index contributed by atoms with van der Waals surface area (Å²) in [5.74, 6) is 0.825. The van der Waals surface area contributed by atoms with Crippen LogP contribution >= 0.6 is 0 Å². The Morgan fingerprint density at radius 3 is 2.92 bits per heavy atom. The number of aliphatic hydroxyl groups is 1. The van der Waals surface area contributed by atoms with Crippen LogP contribution in [0.25, 0.3) is 10.9 Å². The summed E-state index contributed by atoms with van der Waals surface area (Å²) in [4.78, 5) is 20.3. The third-order valence-corrected chi connectivity index (χ3v) is 6.12. The average molecular weight is 352 g/mol. The fraction of sp³-hybridized carbons (Fsp3) is 0.524. The zero-order valence-electron chi connectivity index (χ0n) is 14.8. The molecule has 1 unspecified atom stereocenters. The number of aromatic nitrogens is 1. The van der Waals surface area contributed by atoms with Crippen molar-refractivity contribution in [2.45, 2.75) is 43.7 Å². The normalized spacial score (nSPS) is 28.3. The van der Waals surface area contributed by atoms with Crippen molar-refractivity contribution < 1.29 is 14.6 Å². The third kappa shape index (κ3) is 2.70. The molecule has 1 aromatic heterocycles. The van der Waals surface area contributed by atoms with Gasteiger partial charge in [-0.3, -0.25) is 9.78 Å². The minimum absolute atomic E-state index is 0.0563. The molecule has 5 rings (SSSR count). The third-order valence-electron chi connectivity index (χ3n) is 6.12. The molecule has 2 aliphatic carbocycles. The number of rotatable bonds is 3. The molecule has 1 N–H and O–H groups in total. The number of amides is 1. The van der Waals surface area contributed by atoms with Crippen LogP contribution in [0.4, 0.5) is 0 Å². The molecule has 26 heavy (non-hydrogen) atoms.